The van der Waals surface area contributed by atoms with Gasteiger partial charge in [-0.2, -0.15) is 0 Å². The number of nitrogens with zero attached hydrogens (tertiary/aromatic N) is 2. The summed E-state index contributed by atoms with van der Waals surface area (Å²) in [5.41, 5.74) is 2.80. The molecule has 1 aliphatic rings. The Hall–Kier alpha value is -3.72. The molecule has 0 saturated carbocycles. The SMILES string of the molecule is CCCC[N+]1(c2ccccc2OC)CCC(c2noc3cc(F)ccc23)CC1.O=C(O)/C=C\C(=O)O. The normalized spacial score (nSPS) is 19.6. The molecule has 4 rings (SSSR count). The monoisotopic (exact) mass is 499 g/mol. The first-order valence-electron chi connectivity index (χ1n) is 12.0. The van der Waals surface area contributed by atoms with Crippen LogP contribution in [0.15, 0.2) is 59.1 Å². The molecular weight excluding hydrogens is 467 g/mol. The molecule has 1 fully saturated rings. The van der Waals surface area contributed by atoms with Gasteiger partial charge in [0, 0.05) is 48.4 Å². The number of halogens is 1. The molecule has 0 amide bonds. The van der Waals surface area contributed by atoms with Gasteiger partial charge in [-0.25, -0.2) is 14.0 Å². The smallest absolute Gasteiger partial charge is 0.328 e. The molecule has 2 heterocycles. The first kappa shape index (κ1) is 26.9. The Labute approximate surface area is 209 Å². The van der Waals surface area contributed by atoms with Gasteiger partial charge >= 0.3 is 11.9 Å². The molecular formula is C27H32FN2O6+. The van der Waals surface area contributed by atoms with E-state index in [0.29, 0.717) is 23.7 Å². The van der Waals surface area contributed by atoms with E-state index in [1.54, 1.807) is 13.2 Å². The quantitative estimate of drug-likeness (QED) is 0.317. The highest BCUT2D eigenvalue weighted by atomic mass is 19.1. The predicted octanol–water partition coefficient (Wildman–Crippen LogP) is 5.37. The Morgan fingerprint density at radius 2 is 1.81 bits per heavy atom. The lowest BCUT2D eigenvalue weighted by molar-refractivity contribution is -0.134. The predicted molar refractivity (Wildman–Crippen MR) is 135 cm³/mol. The van der Waals surface area contributed by atoms with Crippen LogP contribution in [0.4, 0.5) is 10.1 Å². The van der Waals surface area contributed by atoms with Crippen LogP contribution >= 0.6 is 0 Å². The highest BCUT2D eigenvalue weighted by Crippen LogP contribution is 2.41. The molecule has 0 unspecified atom stereocenters. The lowest BCUT2D eigenvalue weighted by atomic mass is 9.89. The number of carboxylic acid groups (broad SMARTS) is 2. The number of unbranched alkanes of at least 4 members (excludes halogenated alkanes) is 1. The van der Waals surface area contributed by atoms with Gasteiger partial charge in [-0.3, -0.25) is 4.48 Å². The molecule has 2 aromatic carbocycles. The van der Waals surface area contributed by atoms with Gasteiger partial charge in [-0.05, 0) is 24.6 Å². The number of fused-ring (bicyclic) bond motifs is 1. The molecule has 0 atom stereocenters. The molecule has 1 saturated heterocycles. The average molecular weight is 500 g/mol. The summed E-state index contributed by atoms with van der Waals surface area (Å²) in [6.45, 7) is 5.45. The second-order valence-corrected chi connectivity index (χ2v) is 8.83. The molecule has 0 aliphatic carbocycles. The van der Waals surface area contributed by atoms with E-state index in [9.17, 15) is 14.0 Å². The summed E-state index contributed by atoms with van der Waals surface area (Å²) in [6.07, 6.45) is 5.54. The van der Waals surface area contributed by atoms with Crippen LogP contribution in [0.3, 0.4) is 0 Å². The summed E-state index contributed by atoms with van der Waals surface area (Å²) in [7, 11) is 1.75. The van der Waals surface area contributed by atoms with Crippen molar-refractivity contribution < 1.29 is 33.5 Å². The van der Waals surface area contributed by atoms with Gasteiger partial charge in [0.25, 0.3) is 0 Å². The molecule has 1 aliphatic heterocycles. The standard InChI is InChI=1S/C23H28FN2O2.C4H4O4/c1-3-4-13-26(20-7-5-6-8-21(20)27-2)14-11-17(12-15-26)23-19-10-9-18(24)16-22(19)28-25-23;5-3(6)1-2-4(7)8/h5-10,16-17H,3-4,11-15H2,1-2H3;1-2H,(H,5,6)(H,7,8)/q+1;/b;2-1-. The maximum absolute atomic E-state index is 13.5. The third kappa shape index (κ3) is 6.48. The number of ether oxygens (including phenoxy) is 1. The lowest BCUT2D eigenvalue weighted by Gasteiger charge is -2.43. The Balaban J connectivity index is 0.000000392. The second kappa shape index (κ2) is 12.3. The number of carbonyl (C=O) groups is 2. The third-order valence-corrected chi connectivity index (χ3v) is 6.56. The van der Waals surface area contributed by atoms with Crippen molar-refractivity contribution in [1.29, 1.82) is 0 Å². The number of rotatable bonds is 8. The van der Waals surface area contributed by atoms with Gasteiger partial charge < -0.3 is 19.5 Å². The number of benzene rings is 2. The number of hydrogen-bond donors (Lipinski definition) is 2. The molecule has 0 bridgehead atoms. The highest BCUT2D eigenvalue weighted by molar-refractivity contribution is 5.89. The minimum absolute atomic E-state index is 0.287. The number of carboxylic acids is 2. The molecule has 2 N–H and O–H groups in total. The van der Waals surface area contributed by atoms with Crippen LogP contribution < -0.4 is 9.22 Å². The zero-order valence-corrected chi connectivity index (χ0v) is 20.5. The topological polar surface area (TPSA) is 110 Å². The van der Waals surface area contributed by atoms with Gasteiger partial charge in [0.1, 0.15) is 5.82 Å². The lowest BCUT2D eigenvalue weighted by Crippen LogP contribution is -2.54. The molecule has 3 aromatic rings. The van der Waals surface area contributed by atoms with E-state index in [1.807, 2.05) is 6.07 Å². The molecule has 36 heavy (non-hydrogen) atoms. The number of aromatic nitrogens is 1. The summed E-state index contributed by atoms with van der Waals surface area (Å²) in [6, 6.07) is 13.1. The van der Waals surface area contributed by atoms with Crippen molar-refractivity contribution in [2.24, 2.45) is 0 Å². The number of methoxy groups -OCH3 is 1. The van der Waals surface area contributed by atoms with Crippen LogP contribution in [0.2, 0.25) is 0 Å². The number of para-hydroxylation sites is 2. The summed E-state index contributed by atoms with van der Waals surface area (Å²) in [5, 5.41) is 20.9. The Bertz CT molecular complexity index is 1200. The van der Waals surface area contributed by atoms with Gasteiger partial charge in [0.15, 0.2) is 17.0 Å². The van der Waals surface area contributed by atoms with Crippen LogP contribution in [0, 0.1) is 5.82 Å². The number of quaternary nitrogens is 1. The van der Waals surface area contributed by atoms with Crippen LogP contribution in [-0.4, -0.2) is 54.1 Å². The van der Waals surface area contributed by atoms with E-state index >= 15 is 0 Å². The molecule has 8 nitrogen and oxygen atoms in total. The van der Waals surface area contributed by atoms with E-state index in [0.717, 1.165) is 53.8 Å². The first-order valence-corrected chi connectivity index (χ1v) is 12.0. The van der Waals surface area contributed by atoms with Gasteiger partial charge in [-0.1, -0.05) is 30.6 Å². The van der Waals surface area contributed by atoms with Crippen LogP contribution in [0.25, 0.3) is 11.0 Å². The summed E-state index contributed by atoms with van der Waals surface area (Å²) in [4.78, 5) is 19.1. The van der Waals surface area contributed by atoms with Gasteiger partial charge in [0.2, 0.25) is 0 Å². The molecule has 9 heteroatoms. The molecule has 0 radical (unpaired) electrons. The van der Waals surface area contributed by atoms with Crippen molar-refractivity contribution in [3.8, 4) is 5.75 Å². The number of aliphatic carboxylic acids is 2. The van der Waals surface area contributed by atoms with E-state index in [-0.39, 0.29) is 5.82 Å². The minimum atomic E-state index is -1.26. The fraction of sp³-hybridized carbons (Fsp3) is 0.370. The maximum atomic E-state index is 13.5. The van der Waals surface area contributed by atoms with Crippen molar-refractivity contribution >= 4 is 28.6 Å². The fourth-order valence-corrected chi connectivity index (χ4v) is 4.77. The zero-order chi connectivity index (χ0) is 26.1. The molecule has 1 aromatic heterocycles. The van der Waals surface area contributed by atoms with E-state index in [2.05, 4.69) is 30.3 Å². The summed E-state index contributed by atoms with van der Waals surface area (Å²) in [5.74, 6) is -1.49. The Kier molecular flexibility index (Phi) is 9.19. The van der Waals surface area contributed by atoms with Crippen molar-refractivity contribution in [2.75, 3.05) is 26.7 Å². The average Bonchev–Trinajstić information content (AvgIpc) is 3.30. The van der Waals surface area contributed by atoms with E-state index in [1.165, 1.54) is 30.7 Å². The highest BCUT2D eigenvalue weighted by Gasteiger charge is 2.39. The third-order valence-electron chi connectivity index (χ3n) is 6.56. The number of likely N-dealkylation sites (tertiary alicyclic amines) is 1. The second-order valence-electron chi connectivity index (χ2n) is 8.83. The van der Waals surface area contributed by atoms with Gasteiger partial charge in [0.05, 0.1) is 32.4 Å². The maximum Gasteiger partial charge on any atom is 0.328 e. The van der Waals surface area contributed by atoms with E-state index in [4.69, 9.17) is 19.5 Å². The van der Waals surface area contributed by atoms with Crippen LogP contribution in [-0.2, 0) is 9.59 Å². The van der Waals surface area contributed by atoms with Crippen LogP contribution in [0.5, 0.6) is 5.75 Å². The Morgan fingerprint density at radius 3 is 2.42 bits per heavy atom. The molecule has 0 spiro atoms. The van der Waals surface area contributed by atoms with Crippen LogP contribution in [0.1, 0.15) is 44.2 Å². The number of piperidine rings is 1. The zero-order valence-electron chi connectivity index (χ0n) is 20.5. The molecule has 192 valence electrons. The number of hydrogen-bond acceptors (Lipinski definition) is 5. The Morgan fingerprint density at radius 1 is 1.14 bits per heavy atom. The summed E-state index contributed by atoms with van der Waals surface area (Å²) >= 11 is 0. The van der Waals surface area contributed by atoms with Crippen molar-refractivity contribution in [2.45, 2.75) is 38.5 Å². The first-order chi connectivity index (χ1) is 17.3. The summed E-state index contributed by atoms with van der Waals surface area (Å²) < 4.78 is 25.5. The van der Waals surface area contributed by atoms with Gasteiger partial charge in [-0.15, -0.1) is 0 Å². The largest absolute Gasteiger partial charge is 0.491 e. The minimum Gasteiger partial charge on any atom is -0.491 e. The van der Waals surface area contributed by atoms with Crippen molar-refractivity contribution in [1.82, 2.24) is 9.64 Å². The van der Waals surface area contributed by atoms with E-state index < -0.39 is 11.9 Å². The fourth-order valence-electron chi connectivity index (χ4n) is 4.77. The van der Waals surface area contributed by atoms with Crippen molar-refractivity contribution in [3.05, 3.63) is 66.1 Å². The van der Waals surface area contributed by atoms with Crippen molar-refractivity contribution in [3.63, 3.8) is 0 Å².